The number of amides is 1. The van der Waals surface area contributed by atoms with Crippen molar-refractivity contribution in [1.29, 1.82) is 0 Å². The first kappa shape index (κ1) is 13.8. The molecule has 0 unspecified atom stereocenters. The second-order valence-corrected chi connectivity index (χ2v) is 5.26. The van der Waals surface area contributed by atoms with E-state index >= 15 is 0 Å². The number of pyridine rings is 1. The van der Waals surface area contributed by atoms with Gasteiger partial charge in [0.1, 0.15) is 0 Å². The van der Waals surface area contributed by atoms with Crippen LogP contribution in [0.25, 0.3) is 0 Å². The number of anilines is 2. The zero-order chi connectivity index (χ0) is 14.0. The summed E-state index contributed by atoms with van der Waals surface area (Å²) in [5.74, 6) is -0.316. The molecule has 0 bridgehead atoms. The van der Waals surface area contributed by atoms with E-state index in [2.05, 4.69) is 26.2 Å². The Kier molecular flexibility index (Phi) is 4.07. The summed E-state index contributed by atoms with van der Waals surface area (Å²) in [7, 11) is 0. The van der Waals surface area contributed by atoms with Crippen molar-refractivity contribution in [3.05, 3.63) is 51.2 Å². The first-order chi connectivity index (χ1) is 8.97. The number of nitrogen functional groups attached to an aromatic ring is 1. The van der Waals surface area contributed by atoms with E-state index in [1.165, 1.54) is 6.20 Å². The molecule has 98 valence electrons. The number of nitrogens with one attached hydrogen (secondary N) is 1. The van der Waals surface area contributed by atoms with Crippen LogP contribution >= 0.6 is 27.5 Å². The molecule has 1 aromatic carbocycles. The third-order valence-electron chi connectivity index (χ3n) is 2.49. The van der Waals surface area contributed by atoms with Gasteiger partial charge in [0.25, 0.3) is 5.91 Å². The van der Waals surface area contributed by atoms with Gasteiger partial charge < -0.3 is 11.1 Å². The van der Waals surface area contributed by atoms with Crippen LogP contribution in [0.4, 0.5) is 11.4 Å². The van der Waals surface area contributed by atoms with Gasteiger partial charge in [-0.2, -0.15) is 0 Å². The minimum absolute atomic E-state index is 0.316. The standard InChI is InChI=1S/C13H11BrClN3O/c1-7-4-12(16)9(6-17-7)13(19)18-8-2-3-10(14)11(15)5-8/h2-6H,1H3,(H2,16,17)(H,18,19). The normalized spacial score (nSPS) is 10.3. The lowest BCUT2D eigenvalue weighted by Crippen LogP contribution is -2.14. The minimum Gasteiger partial charge on any atom is -0.398 e. The SMILES string of the molecule is Cc1cc(N)c(C(=O)Nc2ccc(Br)c(Cl)c2)cn1. The van der Waals surface area contributed by atoms with Gasteiger partial charge >= 0.3 is 0 Å². The van der Waals surface area contributed by atoms with E-state index in [9.17, 15) is 4.79 Å². The second-order valence-electron chi connectivity index (χ2n) is 4.00. The molecule has 4 nitrogen and oxygen atoms in total. The van der Waals surface area contributed by atoms with E-state index in [0.717, 1.165) is 10.2 Å². The zero-order valence-electron chi connectivity index (χ0n) is 10.1. The molecule has 0 saturated carbocycles. The van der Waals surface area contributed by atoms with Crippen molar-refractivity contribution in [2.24, 2.45) is 0 Å². The molecule has 0 aliphatic rings. The average Bonchev–Trinajstić information content (AvgIpc) is 2.33. The van der Waals surface area contributed by atoms with Crippen LogP contribution in [-0.2, 0) is 0 Å². The van der Waals surface area contributed by atoms with Crippen LogP contribution in [0.2, 0.25) is 5.02 Å². The molecule has 2 rings (SSSR count). The van der Waals surface area contributed by atoms with Crippen molar-refractivity contribution >= 4 is 44.8 Å². The van der Waals surface area contributed by atoms with Crippen LogP contribution in [0.1, 0.15) is 16.1 Å². The van der Waals surface area contributed by atoms with E-state index in [0.29, 0.717) is 22.0 Å². The monoisotopic (exact) mass is 339 g/mol. The van der Waals surface area contributed by atoms with E-state index in [1.54, 1.807) is 24.3 Å². The van der Waals surface area contributed by atoms with Crippen molar-refractivity contribution in [2.45, 2.75) is 6.92 Å². The van der Waals surface area contributed by atoms with E-state index in [4.69, 9.17) is 17.3 Å². The summed E-state index contributed by atoms with van der Waals surface area (Å²) in [6, 6.07) is 6.81. The van der Waals surface area contributed by atoms with Crippen molar-refractivity contribution in [3.8, 4) is 0 Å². The van der Waals surface area contributed by atoms with Crippen LogP contribution in [-0.4, -0.2) is 10.9 Å². The topological polar surface area (TPSA) is 68.0 Å². The molecule has 1 heterocycles. The number of nitrogens with two attached hydrogens (primary N) is 1. The quantitative estimate of drug-likeness (QED) is 0.877. The zero-order valence-corrected chi connectivity index (χ0v) is 12.4. The highest BCUT2D eigenvalue weighted by atomic mass is 79.9. The smallest absolute Gasteiger partial charge is 0.259 e. The summed E-state index contributed by atoms with van der Waals surface area (Å²) >= 11 is 9.25. The molecular weight excluding hydrogens is 330 g/mol. The molecule has 0 atom stereocenters. The number of halogens is 2. The molecule has 0 aliphatic carbocycles. The molecule has 3 N–H and O–H groups in total. The third-order valence-corrected chi connectivity index (χ3v) is 3.73. The highest BCUT2D eigenvalue weighted by molar-refractivity contribution is 9.10. The molecule has 0 aliphatic heterocycles. The summed E-state index contributed by atoms with van der Waals surface area (Å²) in [5.41, 5.74) is 7.89. The third kappa shape index (κ3) is 3.24. The molecule has 0 fully saturated rings. The average molecular weight is 341 g/mol. The van der Waals surface area contributed by atoms with Crippen molar-refractivity contribution < 1.29 is 4.79 Å². The molecule has 6 heteroatoms. The Balaban J connectivity index is 2.23. The first-order valence-corrected chi connectivity index (χ1v) is 6.63. The number of benzene rings is 1. The van der Waals surface area contributed by atoms with Gasteiger partial charge in [-0.25, -0.2) is 0 Å². The predicted octanol–water partition coefficient (Wildman–Crippen LogP) is 3.64. The number of rotatable bonds is 2. The molecular formula is C13H11BrClN3O. The number of hydrogen-bond acceptors (Lipinski definition) is 3. The summed E-state index contributed by atoms with van der Waals surface area (Å²) in [6.07, 6.45) is 1.46. The molecule has 1 amide bonds. The van der Waals surface area contributed by atoms with Gasteiger partial charge in [-0.05, 0) is 47.1 Å². The Labute approximate surface area is 124 Å². The number of carbonyl (C=O) groups is 1. The first-order valence-electron chi connectivity index (χ1n) is 5.46. The summed E-state index contributed by atoms with van der Waals surface area (Å²) in [4.78, 5) is 16.1. The van der Waals surface area contributed by atoms with Crippen LogP contribution in [0, 0.1) is 6.92 Å². The van der Waals surface area contributed by atoms with E-state index in [-0.39, 0.29) is 5.91 Å². The molecule has 0 radical (unpaired) electrons. The predicted molar refractivity (Wildman–Crippen MR) is 80.5 cm³/mol. The fourth-order valence-corrected chi connectivity index (χ4v) is 1.97. The van der Waals surface area contributed by atoms with Crippen LogP contribution < -0.4 is 11.1 Å². The van der Waals surface area contributed by atoms with Gasteiger partial charge in [-0.15, -0.1) is 0 Å². The van der Waals surface area contributed by atoms with Gasteiger partial charge in [-0.1, -0.05) is 11.6 Å². The molecule has 0 spiro atoms. The van der Waals surface area contributed by atoms with Crippen molar-refractivity contribution in [2.75, 3.05) is 11.1 Å². The maximum absolute atomic E-state index is 12.1. The Morgan fingerprint density at radius 2 is 2.16 bits per heavy atom. The number of aryl methyl sites for hydroxylation is 1. The summed E-state index contributed by atoms with van der Waals surface area (Å²) < 4.78 is 0.767. The van der Waals surface area contributed by atoms with Crippen molar-refractivity contribution in [1.82, 2.24) is 4.98 Å². The Hall–Kier alpha value is -1.59. The van der Waals surface area contributed by atoms with Gasteiger partial charge in [0.15, 0.2) is 0 Å². The fraction of sp³-hybridized carbons (Fsp3) is 0.0769. The number of carbonyl (C=O) groups excluding carboxylic acids is 1. The maximum atomic E-state index is 12.1. The van der Waals surface area contributed by atoms with Crippen LogP contribution in [0.15, 0.2) is 34.9 Å². The molecule has 19 heavy (non-hydrogen) atoms. The largest absolute Gasteiger partial charge is 0.398 e. The Morgan fingerprint density at radius 3 is 2.79 bits per heavy atom. The summed E-state index contributed by atoms with van der Waals surface area (Å²) in [6.45, 7) is 1.81. The number of hydrogen-bond donors (Lipinski definition) is 2. The van der Waals surface area contributed by atoms with E-state index in [1.807, 2.05) is 6.92 Å². The van der Waals surface area contributed by atoms with Crippen LogP contribution in [0.5, 0.6) is 0 Å². The van der Waals surface area contributed by atoms with Crippen molar-refractivity contribution in [3.63, 3.8) is 0 Å². The van der Waals surface area contributed by atoms with Gasteiger partial charge in [-0.3, -0.25) is 9.78 Å². The summed E-state index contributed by atoms with van der Waals surface area (Å²) in [5, 5.41) is 3.24. The van der Waals surface area contributed by atoms with Gasteiger partial charge in [0.05, 0.1) is 10.6 Å². The number of nitrogens with zero attached hydrogens (tertiary/aromatic N) is 1. The Morgan fingerprint density at radius 1 is 1.42 bits per heavy atom. The molecule has 1 aromatic heterocycles. The lowest BCUT2D eigenvalue weighted by molar-refractivity contribution is 0.102. The molecule has 0 saturated heterocycles. The number of aromatic nitrogens is 1. The lowest BCUT2D eigenvalue weighted by atomic mass is 10.2. The van der Waals surface area contributed by atoms with Gasteiger partial charge in [0, 0.05) is 27.7 Å². The lowest BCUT2D eigenvalue weighted by Gasteiger charge is -2.08. The highest BCUT2D eigenvalue weighted by Crippen LogP contribution is 2.26. The minimum atomic E-state index is -0.316. The maximum Gasteiger partial charge on any atom is 0.259 e. The molecule has 2 aromatic rings. The fourth-order valence-electron chi connectivity index (χ4n) is 1.54. The van der Waals surface area contributed by atoms with Gasteiger partial charge in [0.2, 0.25) is 0 Å². The van der Waals surface area contributed by atoms with Crippen LogP contribution in [0.3, 0.4) is 0 Å². The highest BCUT2D eigenvalue weighted by Gasteiger charge is 2.11. The second kappa shape index (κ2) is 5.59. The van der Waals surface area contributed by atoms with E-state index < -0.39 is 0 Å². The Bertz CT molecular complexity index is 646.